The van der Waals surface area contributed by atoms with Crippen molar-refractivity contribution in [3.63, 3.8) is 0 Å². The molecule has 0 atom stereocenters. The second-order valence-electron chi connectivity index (χ2n) is 2.63. The lowest BCUT2D eigenvalue weighted by molar-refractivity contribution is 1.04. The second-order valence-corrected chi connectivity index (χ2v) is 5.96. The second kappa shape index (κ2) is 4.86. The molecule has 74 valence electrons. The smallest absolute Gasteiger partial charge is 0.202 e. The molecule has 2 aromatic heterocycles. The van der Waals surface area contributed by atoms with Crippen molar-refractivity contribution in [2.75, 3.05) is 11.9 Å². The summed E-state index contributed by atoms with van der Waals surface area (Å²) >= 11 is 6.59. The number of hydrogen-bond acceptors (Lipinski definition) is 5. The third-order valence-corrected chi connectivity index (χ3v) is 3.94. The molecule has 3 nitrogen and oxygen atoms in total. The molecule has 0 saturated carbocycles. The van der Waals surface area contributed by atoms with Crippen LogP contribution in [0.5, 0.6) is 0 Å². The van der Waals surface area contributed by atoms with E-state index in [0.717, 1.165) is 18.1 Å². The standard InChI is InChI=1S/C8H8BrN3S2/c9-7-2-1-6(13-7)3-4-10-8-11-5-12-14-8/h1-2,5H,3-4H2,(H,10,11,12). The number of halogens is 1. The summed E-state index contributed by atoms with van der Waals surface area (Å²) in [6.07, 6.45) is 2.59. The number of anilines is 1. The molecule has 0 bridgehead atoms. The van der Waals surface area contributed by atoms with E-state index in [1.807, 2.05) is 0 Å². The molecule has 14 heavy (non-hydrogen) atoms. The van der Waals surface area contributed by atoms with Crippen LogP contribution < -0.4 is 5.32 Å². The van der Waals surface area contributed by atoms with Gasteiger partial charge in [-0.05, 0) is 34.5 Å². The van der Waals surface area contributed by atoms with E-state index >= 15 is 0 Å². The zero-order valence-corrected chi connectivity index (χ0v) is 10.5. The average Bonchev–Trinajstić information content (AvgIpc) is 2.77. The Morgan fingerprint density at radius 1 is 1.43 bits per heavy atom. The van der Waals surface area contributed by atoms with Crippen LogP contribution in [0, 0.1) is 0 Å². The van der Waals surface area contributed by atoms with Gasteiger partial charge in [0.05, 0.1) is 3.79 Å². The summed E-state index contributed by atoms with van der Waals surface area (Å²) in [7, 11) is 0. The number of nitrogens with one attached hydrogen (secondary N) is 1. The third kappa shape index (κ3) is 2.76. The summed E-state index contributed by atoms with van der Waals surface area (Å²) in [5.41, 5.74) is 0. The minimum atomic E-state index is 0.889. The van der Waals surface area contributed by atoms with Gasteiger partial charge in [-0.2, -0.15) is 4.37 Å². The number of rotatable bonds is 4. The van der Waals surface area contributed by atoms with Gasteiger partial charge in [-0.3, -0.25) is 0 Å². The maximum atomic E-state index is 4.04. The molecule has 0 spiro atoms. The third-order valence-electron chi connectivity index (χ3n) is 1.64. The summed E-state index contributed by atoms with van der Waals surface area (Å²) in [5, 5.41) is 4.11. The van der Waals surface area contributed by atoms with Gasteiger partial charge in [0.15, 0.2) is 0 Å². The molecule has 0 aliphatic carbocycles. The van der Waals surface area contributed by atoms with Crippen molar-refractivity contribution in [2.45, 2.75) is 6.42 Å². The summed E-state index contributed by atoms with van der Waals surface area (Å²) in [4.78, 5) is 5.41. The van der Waals surface area contributed by atoms with Gasteiger partial charge >= 0.3 is 0 Å². The van der Waals surface area contributed by atoms with Crippen molar-refractivity contribution in [1.29, 1.82) is 0 Å². The summed E-state index contributed by atoms with van der Waals surface area (Å²) in [6, 6.07) is 4.21. The maximum absolute atomic E-state index is 4.04. The molecule has 0 radical (unpaired) electrons. The number of nitrogens with zero attached hydrogens (tertiary/aromatic N) is 2. The van der Waals surface area contributed by atoms with Crippen LogP contribution in [0.15, 0.2) is 22.2 Å². The van der Waals surface area contributed by atoms with Gasteiger partial charge in [-0.1, -0.05) is 0 Å². The van der Waals surface area contributed by atoms with Crippen molar-refractivity contribution < 1.29 is 0 Å². The van der Waals surface area contributed by atoms with Crippen molar-refractivity contribution >= 4 is 43.9 Å². The first-order valence-electron chi connectivity index (χ1n) is 4.09. The average molecular weight is 290 g/mol. The van der Waals surface area contributed by atoms with Crippen molar-refractivity contribution in [3.05, 3.63) is 27.1 Å². The summed E-state index contributed by atoms with van der Waals surface area (Å²) in [5.74, 6) is 0. The van der Waals surface area contributed by atoms with Crippen LogP contribution in [0.25, 0.3) is 0 Å². The van der Waals surface area contributed by atoms with E-state index in [0.29, 0.717) is 0 Å². The minimum Gasteiger partial charge on any atom is -0.360 e. The van der Waals surface area contributed by atoms with Crippen LogP contribution >= 0.6 is 38.8 Å². The molecule has 2 aromatic rings. The Labute approximate surface area is 98.5 Å². The van der Waals surface area contributed by atoms with Crippen LogP contribution in [-0.2, 0) is 6.42 Å². The van der Waals surface area contributed by atoms with Crippen LogP contribution in [0.1, 0.15) is 4.88 Å². The molecule has 1 N–H and O–H groups in total. The van der Waals surface area contributed by atoms with Crippen molar-refractivity contribution in [3.8, 4) is 0 Å². The maximum Gasteiger partial charge on any atom is 0.202 e. The molecule has 0 fully saturated rings. The lowest BCUT2D eigenvalue weighted by atomic mass is 10.3. The molecule has 0 unspecified atom stereocenters. The Kier molecular flexibility index (Phi) is 3.49. The first-order valence-corrected chi connectivity index (χ1v) is 6.47. The first kappa shape index (κ1) is 10.1. The minimum absolute atomic E-state index is 0.889. The fraction of sp³-hybridized carbons (Fsp3) is 0.250. The molecule has 0 aliphatic rings. The summed E-state index contributed by atoms with van der Waals surface area (Å²) < 4.78 is 5.10. The highest BCUT2D eigenvalue weighted by Crippen LogP contribution is 2.22. The molecular formula is C8H8BrN3S2. The Morgan fingerprint density at radius 2 is 2.36 bits per heavy atom. The van der Waals surface area contributed by atoms with Gasteiger partial charge in [0.2, 0.25) is 5.13 Å². The monoisotopic (exact) mass is 289 g/mol. The molecule has 0 amide bonds. The van der Waals surface area contributed by atoms with Crippen LogP contribution in [-0.4, -0.2) is 15.9 Å². The fourth-order valence-corrected chi connectivity index (χ4v) is 2.97. The largest absolute Gasteiger partial charge is 0.360 e. The van der Waals surface area contributed by atoms with Gasteiger partial charge < -0.3 is 5.32 Å². The van der Waals surface area contributed by atoms with Crippen molar-refractivity contribution in [2.24, 2.45) is 0 Å². The lowest BCUT2D eigenvalue weighted by Gasteiger charge is -1.98. The van der Waals surface area contributed by atoms with Crippen LogP contribution in [0.3, 0.4) is 0 Å². The molecular weight excluding hydrogens is 282 g/mol. The predicted molar refractivity (Wildman–Crippen MR) is 64.1 cm³/mol. The highest BCUT2D eigenvalue weighted by molar-refractivity contribution is 9.11. The van der Waals surface area contributed by atoms with E-state index in [1.165, 1.54) is 20.2 Å². The molecule has 2 heterocycles. The lowest BCUT2D eigenvalue weighted by Crippen LogP contribution is -2.02. The van der Waals surface area contributed by atoms with Crippen LogP contribution in [0.2, 0.25) is 0 Å². The van der Waals surface area contributed by atoms with E-state index in [9.17, 15) is 0 Å². The Bertz CT molecular complexity index is 385. The van der Waals surface area contributed by atoms with E-state index < -0.39 is 0 Å². The molecule has 0 aliphatic heterocycles. The fourth-order valence-electron chi connectivity index (χ4n) is 1.03. The molecule has 0 saturated heterocycles. The number of aromatic nitrogens is 2. The Balaban J connectivity index is 1.78. The van der Waals surface area contributed by atoms with E-state index in [-0.39, 0.29) is 0 Å². The molecule has 2 rings (SSSR count). The topological polar surface area (TPSA) is 37.8 Å². The molecule has 6 heteroatoms. The zero-order chi connectivity index (χ0) is 9.80. The van der Waals surface area contributed by atoms with Gasteiger partial charge in [0.1, 0.15) is 6.33 Å². The van der Waals surface area contributed by atoms with E-state index in [4.69, 9.17) is 0 Å². The number of thiophene rings is 1. The number of hydrogen-bond donors (Lipinski definition) is 1. The quantitative estimate of drug-likeness (QED) is 0.940. The van der Waals surface area contributed by atoms with Gasteiger partial charge in [-0.25, -0.2) is 4.98 Å². The SMILES string of the molecule is Brc1ccc(CCNc2ncns2)s1. The normalized spacial score (nSPS) is 10.4. The highest BCUT2D eigenvalue weighted by Gasteiger charge is 1.98. The van der Waals surface area contributed by atoms with E-state index in [1.54, 1.807) is 17.7 Å². The van der Waals surface area contributed by atoms with Gasteiger partial charge in [0.25, 0.3) is 0 Å². The van der Waals surface area contributed by atoms with Crippen LogP contribution in [0.4, 0.5) is 5.13 Å². The first-order chi connectivity index (χ1) is 6.84. The summed E-state index contributed by atoms with van der Waals surface area (Å²) in [6.45, 7) is 0.905. The van der Waals surface area contributed by atoms with E-state index in [2.05, 4.69) is 42.7 Å². The van der Waals surface area contributed by atoms with Gasteiger partial charge in [-0.15, -0.1) is 11.3 Å². The van der Waals surface area contributed by atoms with Gasteiger partial charge in [0, 0.05) is 23.0 Å². The molecule has 0 aromatic carbocycles. The zero-order valence-electron chi connectivity index (χ0n) is 7.24. The predicted octanol–water partition coefficient (Wildman–Crippen LogP) is 3.02. The Hall–Kier alpha value is -0.460. The Morgan fingerprint density at radius 3 is 3.00 bits per heavy atom. The van der Waals surface area contributed by atoms with Crippen molar-refractivity contribution in [1.82, 2.24) is 9.36 Å². The highest BCUT2D eigenvalue weighted by atomic mass is 79.9.